The number of fused-ring (bicyclic) bond motifs is 1. The predicted octanol–water partition coefficient (Wildman–Crippen LogP) is 1.72. The average molecular weight is 276 g/mol. The van der Waals surface area contributed by atoms with E-state index in [-0.39, 0.29) is 18.4 Å². The molecule has 1 heterocycles. The maximum atomic E-state index is 11.7. The third kappa shape index (κ3) is 3.98. The fourth-order valence-corrected chi connectivity index (χ4v) is 1.95. The van der Waals surface area contributed by atoms with Crippen LogP contribution in [-0.4, -0.2) is 25.0 Å². The van der Waals surface area contributed by atoms with Crippen molar-refractivity contribution < 1.29 is 14.3 Å². The van der Waals surface area contributed by atoms with Crippen LogP contribution in [0.15, 0.2) is 18.2 Å². The molecular weight excluding hydrogens is 256 g/mol. The topological polar surface area (TPSA) is 67.4 Å². The molecule has 2 rings (SSSR count). The minimum Gasteiger partial charge on any atom is -0.482 e. The monoisotopic (exact) mass is 276 g/mol. The molecule has 1 aliphatic heterocycles. The molecule has 0 aromatic heterocycles. The van der Waals surface area contributed by atoms with E-state index >= 15 is 0 Å². The Kier molecular flexibility index (Phi) is 4.61. The average Bonchev–Trinajstić information content (AvgIpc) is 2.42. The van der Waals surface area contributed by atoms with Crippen LogP contribution in [0.1, 0.15) is 25.8 Å². The lowest BCUT2D eigenvalue weighted by atomic mass is 10.1. The maximum Gasteiger partial charge on any atom is 0.262 e. The Labute approximate surface area is 118 Å². The highest BCUT2D eigenvalue weighted by atomic mass is 16.5. The molecule has 2 N–H and O–H groups in total. The number of hydrogen-bond acceptors (Lipinski definition) is 3. The molecule has 0 unspecified atom stereocenters. The van der Waals surface area contributed by atoms with Crippen LogP contribution in [0.4, 0.5) is 5.69 Å². The van der Waals surface area contributed by atoms with Gasteiger partial charge in [-0.25, -0.2) is 0 Å². The van der Waals surface area contributed by atoms with E-state index in [1.807, 2.05) is 18.2 Å². The minimum absolute atomic E-state index is 0.0525. The summed E-state index contributed by atoms with van der Waals surface area (Å²) in [7, 11) is 0. The van der Waals surface area contributed by atoms with E-state index in [1.165, 1.54) is 0 Å². The molecule has 5 heteroatoms. The first-order chi connectivity index (χ1) is 9.54. The molecule has 0 saturated carbocycles. The summed E-state index contributed by atoms with van der Waals surface area (Å²) in [6, 6.07) is 5.62. The normalized spacial score (nSPS) is 13.4. The number of hydrogen-bond donors (Lipinski definition) is 2. The largest absolute Gasteiger partial charge is 0.482 e. The Morgan fingerprint density at radius 1 is 1.45 bits per heavy atom. The van der Waals surface area contributed by atoms with Crippen LogP contribution < -0.4 is 15.4 Å². The highest BCUT2D eigenvalue weighted by molar-refractivity contribution is 5.95. The summed E-state index contributed by atoms with van der Waals surface area (Å²) < 4.78 is 5.29. The summed E-state index contributed by atoms with van der Waals surface area (Å²) in [5, 5.41) is 5.65. The number of carbonyl (C=O) groups is 2. The smallest absolute Gasteiger partial charge is 0.262 e. The summed E-state index contributed by atoms with van der Waals surface area (Å²) in [6.45, 7) is 4.88. The number of aryl methyl sites for hydroxylation is 1. The molecule has 108 valence electrons. The van der Waals surface area contributed by atoms with Crippen LogP contribution in [0.5, 0.6) is 5.75 Å². The molecule has 0 fully saturated rings. The van der Waals surface area contributed by atoms with E-state index in [9.17, 15) is 9.59 Å². The summed E-state index contributed by atoms with van der Waals surface area (Å²) >= 11 is 0. The van der Waals surface area contributed by atoms with Crippen molar-refractivity contribution in [1.82, 2.24) is 5.32 Å². The van der Waals surface area contributed by atoms with Gasteiger partial charge >= 0.3 is 0 Å². The van der Waals surface area contributed by atoms with Crippen LogP contribution >= 0.6 is 0 Å². The highest BCUT2D eigenvalue weighted by Gasteiger charge is 2.16. The molecule has 0 radical (unpaired) electrons. The van der Waals surface area contributed by atoms with E-state index in [0.717, 1.165) is 5.56 Å². The second-order valence-electron chi connectivity index (χ2n) is 5.37. The fourth-order valence-electron chi connectivity index (χ4n) is 1.95. The second-order valence-corrected chi connectivity index (χ2v) is 5.37. The summed E-state index contributed by atoms with van der Waals surface area (Å²) in [4.78, 5) is 22.9. The molecule has 0 atom stereocenters. The SMILES string of the molecule is CC(C)CNC(=O)CCc1ccc2c(c1)NC(=O)CO2. The Morgan fingerprint density at radius 3 is 3.00 bits per heavy atom. The van der Waals surface area contributed by atoms with Gasteiger partial charge in [0, 0.05) is 13.0 Å². The molecular formula is C15H20N2O3. The Bertz CT molecular complexity index is 512. The summed E-state index contributed by atoms with van der Waals surface area (Å²) in [6.07, 6.45) is 1.09. The first-order valence-electron chi connectivity index (χ1n) is 6.87. The maximum absolute atomic E-state index is 11.7. The Morgan fingerprint density at radius 2 is 2.25 bits per heavy atom. The first kappa shape index (κ1) is 14.4. The van der Waals surface area contributed by atoms with Gasteiger partial charge in [0.15, 0.2) is 6.61 Å². The van der Waals surface area contributed by atoms with Crippen molar-refractivity contribution in [1.29, 1.82) is 0 Å². The molecule has 0 aliphatic carbocycles. The zero-order chi connectivity index (χ0) is 14.5. The molecule has 20 heavy (non-hydrogen) atoms. The number of ether oxygens (including phenoxy) is 1. The predicted molar refractivity (Wildman–Crippen MR) is 76.7 cm³/mol. The summed E-state index contributed by atoms with van der Waals surface area (Å²) in [5.74, 6) is 1.04. The third-order valence-corrected chi connectivity index (χ3v) is 3.03. The van der Waals surface area contributed by atoms with Crippen molar-refractivity contribution >= 4 is 17.5 Å². The van der Waals surface area contributed by atoms with Crippen molar-refractivity contribution in [2.45, 2.75) is 26.7 Å². The molecule has 1 aromatic carbocycles. The van der Waals surface area contributed by atoms with Crippen molar-refractivity contribution in [3.05, 3.63) is 23.8 Å². The fraction of sp³-hybridized carbons (Fsp3) is 0.467. The number of amides is 2. The molecule has 0 saturated heterocycles. The van der Waals surface area contributed by atoms with Crippen LogP contribution in [0, 0.1) is 5.92 Å². The van der Waals surface area contributed by atoms with Gasteiger partial charge in [0.2, 0.25) is 5.91 Å². The number of rotatable bonds is 5. The number of carbonyl (C=O) groups excluding carboxylic acids is 2. The van der Waals surface area contributed by atoms with Gasteiger partial charge in [-0.15, -0.1) is 0 Å². The highest BCUT2D eigenvalue weighted by Crippen LogP contribution is 2.28. The van der Waals surface area contributed by atoms with Gasteiger partial charge in [-0.3, -0.25) is 9.59 Å². The van der Waals surface area contributed by atoms with Gasteiger partial charge in [-0.05, 0) is 30.0 Å². The first-order valence-corrected chi connectivity index (χ1v) is 6.87. The quantitative estimate of drug-likeness (QED) is 0.860. The molecule has 0 bridgehead atoms. The van der Waals surface area contributed by atoms with Crippen molar-refractivity contribution in [3.8, 4) is 5.75 Å². The van der Waals surface area contributed by atoms with Crippen LogP contribution in [-0.2, 0) is 16.0 Å². The summed E-state index contributed by atoms with van der Waals surface area (Å²) in [5.41, 5.74) is 1.69. The lowest BCUT2D eigenvalue weighted by Crippen LogP contribution is -2.27. The zero-order valence-electron chi connectivity index (χ0n) is 11.9. The molecule has 5 nitrogen and oxygen atoms in total. The third-order valence-electron chi connectivity index (χ3n) is 3.03. The van der Waals surface area contributed by atoms with E-state index in [1.54, 1.807) is 0 Å². The van der Waals surface area contributed by atoms with E-state index < -0.39 is 0 Å². The van der Waals surface area contributed by atoms with Gasteiger partial charge in [0.25, 0.3) is 5.91 Å². The van der Waals surface area contributed by atoms with E-state index in [2.05, 4.69) is 24.5 Å². The minimum atomic E-state index is -0.149. The van der Waals surface area contributed by atoms with Gasteiger partial charge in [-0.1, -0.05) is 19.9 Å². The van der Waals surface area contributed by atoms with Crippen LogP contribution in [0.2, 0.25) is 0 Å². The van der Waals surface area contributed by atoms with E-state index in [4.69, 9.17) is 4.74 Å². The molecule has 1 aliphatic rings. The lowest BCUT2D eigenvalue weighted by Gasteiger charge is -2.18. The van der Waals surface area contributed by atoms with Crippen molar-refractivity contribution in [3.63, 3.8) is 0 Å². The lowest BCUT2D eigenvalue weighted by molar-refractivity contribution is -0.121. The van der Waals surface area contributed by atoms with E-state index in [0.29, 0.717) is 36.7 Å². The number of benzene rings is 1. The molecule has 1 aromatic rings. The van der Waals surface area contributed by atoms with Crippen LogP contribution in [0.25, 0.3) is 0 Å². The van der Waals surface area contributed by atoms with Crippen molar-refractivity contribution in [2.24, 2.45) is 5.92 Å². The number of anilines is 1. The van der Waals surface area contributed by atoms with Gasteiger partial charge < -0.3 is 15.4 Å². The standard InChI is InChI=1S/C15H20N2O3/c1-10(2)8-16-14(18)6-4-11-3-5-13-12(7-11)17-15(19)9-20-13/h3,5,7,10H,4,6,8-9H2,1-2H3,(H,16,18)(H,17,19). The Hall–Kier alpha value is -2.04. The second kappa shape index (κ2) is 6.41. The molecule has 2 amide bonds. The van der Waals surface area contributed by atoms with Crippen LogP contribution in [0.3, 0.4) is 0 Å². The molecule has 0 spiro atoms. The van der Waals surface area contributed by atoms with Crippen molar-refractivity contribution in [2.75, 3.05) is 18.5 Å². The van der Waals surface area contributed by atoms with Gasteiger partial charge in [0.1, 0.15) is 5.75 Å². The zero-order valence-corrected chi connectivity index (χ0v) is 11.9. The Balaban J connectivity index is 1.89. The van der Waals surface area contributed by atoms with Gasteiger partial charge in [-0.2, -0.15) is 0 Å². The van der Waals surface area contributed by atoms with Gasteiger partial charge in [0.05, 0.1) is 5.69 Å². The number of nitrogens with one attached hydrogen (secondary N) is 2.